The van der Waals surface area contributed by atoms with Gasteiger partial charge in [0, 0.05) is 17.9 Å². The van der Waals surface area contributed by atoms with Crippen LogP contribution in [0.25, 0.3) is 0 Å². The van der Waals surface area contributed by atoms with E-state index in [1.54, 1.807) is 0 Å². The van der Waals surface area contributed by atoms with Crippen LogP contribution in [-0.2, 0) is 0 Å². The van der Waals surface area contributed by atoms with Crippen LogP contribution in [0.2, 0.25) is 0 Å². The minimum absolute atomic E-state index is 0.212. The molecule has 0 amide bonds. The first kappa shape index (κ1) is 9.46. The lowest BCUT2D eigenvalue weighted by molar-refractivity contribution is 0.230. The summed E-state index contributed by atoms with van der Waals surface area (Å²) in [6, 6.07) is 0.561. The van der Waals surface area contributed by atoms with Crippen molar-refractivity contribution < 1.29 is 4.39 Å². The molecule has 1 saturated heterocycles. The summed E-state index contributed by atoms with van der Waals surface area (Å²) in [4.78, 5) is 2.24. The Balaban J connectivity index is 2.40. The average Bonchev–Trinajstić information content (AvgIpc) is 2.33. The van der Waals surface area contributed by atoms with Gasteiger partial charge in [-0.05, 0) is 18.9 Å². The Bertz CT molecular complexity index is 119. The standard InChI is InChI=1S/C8H15BrFN/c1-7-2-4-11(5-3-10)8(7)6-9/h7-8H,2-6H2,1H3. The number of hydrogen-bond donors (Lipinski definition) is 0. The topological polar surface area (TPSA) is 3.24 Å². The number of likely N-dealkylation sites (tertiary alicyclic amines) is 1. The third-order valence-electron chi connectivity index (χ3n) is 2.53. The second-order valence-corrected chi connectivity index (χ2v) is 3.86. The fourth-order valence-corrected chi connectivity index (χ4v) is 2.77. The van der Waals surface area contributed by atoms with Crippen molar-refractivity contribution in [3.05, 3.63) is 0 Å². The van der Waals surface area contributed by atoms with Crippen molar-refractivity contribution in [3.63, 3.8) is 0 Å². The van der Waals surface area contributed by atoms with E-state index in [2.05, 4.69) is 27.8 Å². The van der Waals surface area contributed by atoms with Crippen LogP contribution in [0.15, 0.2) is 0 Å². The highest BCUT2D eigenvalue weighted by Gasteiger charge is 2.29. The molecule has 1 heterocycles. The van der Waals surface area contributed by atoms with E-state index < -0.39 is 0 Å². The summed E-state index contributed by atoms with van der Waals surface area (Å²) in [6.45, 7) is 3.71. The Hall–Kier alpha value is 0.370. The van der Waals surface area contributed by atoms with Crippen LogP contribution >= 0.6 is 15.9 Å². The number of nitrogens with zero attached hydrogens (tertiary/aromatic N) is 1. The Labute approximate surface area is 76.1 Å². The molecule has 0 radical (unpaired) electrons. The van der Waals surface area contributed by atoms with E-state index in [9.17, 15) is 4.39 Å². The van der Waals surface area contributed by atoms with Crippen LogP contribution in [0.3, 0.4) is 0 Å². The molecule has 0 aromatic rings. The van der Waals surface area contributed by atoms with E-state index in [4.69, 9.17) is 0 Å². The van der Waals surface area contributed by atoms with Crippen molar-refractivity contribution >= 4 is 15.9 Å². The maximum atomic E-state index is 12.0. The maximum absolute atomic E-state index is 12.0. The Morgan fingerprint density at radius 1 is 1.64 bits per heavy atom. The number of hydrogen-bond acceptors (Lipinski definition) is 1. The molecule has 0 aliphatic carbocycles. The summed E-state index contributed by atoms with van der Waals surface area (Å²) in [7, 11) is 0. The zero-order chi connectivity index (χ0) is 8.27. The second kappa shape index (κ2) is 4.41. The molecule has 3 heteroatoms. The number of rotatable bonds is 3. The average molecular weight is 224 g/mol. The van der Waals surface area contributed by atoms with Crippen LogP contribution in [0, 0.1) is 5.92 Å². The molecule has 0 spiro atoms. The predicted octanol–water partition coefficient (Wildman–Crippen LogP) is 2.06. The molecule has 1 nitrogen and oxygen atoms in total. The molecule has 1 aliphatic heterocycles. The summed E-state index contributed by atoms with van der Waals surface area (Å²) in [5.41, 5.74) is 0. The molecule has 0 aromatic carbocycles. The molecule has 0 saturated carbocycles. The van der Waals surface area contributed by atoms with Crippen LogP contribution in [0.1, 0.15) is 13.3 Å². The minimum Gasteiger partial charge on any atom is -0.297 e. The Kier molecular flexibility index (Phi) is 3.79. The highest BCUT2D eigenvalue weighted by atomic mass is 79.9. The van der Waals surface area contributed by atoms with Crippen LogP contribution in [0.4, 0.5) is 4.39 Å². The monoisotopic (exact) mass is 223 g/mol. The van der Waals surface area contributed by atoms with Gasteiger partial charge in [0.25, 0.3) is 0 Å². The first-order valence-corrected chi connectivity index (χ1v) is 5.27. The summed E-state index contributed by atoms with van der Waals surface area (Å²) in [5.74, 6) is 0.723. The lowest BCUT2D eigenvalue weighted by Gasteiger charge is -2.23. The van der Waals surface area contributed by atoms with Gasteiger partial charge in [0.1, 0.15) is 6.67 Å². The lowest BCUT2D eigenvalue weighted by Crippen LogP contribution is -2.34. The van der Waals surface area contributed by atoms with Gasteiger partial charge in [-0.3, -0.25) is 4.90 Å². The zero-order valence-corrected chi connectivity index (χ0v) is 8.48. The molecule has 1 rings (SSSR count). The molecule has 1 aliphatic rings. The molecular weight excluding hydrogens is 209 g/mol. The van der Waals surface area contributed by atoms with E-state index in [1.807, 2.05) is 0 Å². The predicted molar refractivity (Wildman–Crippen MR) is 48.9 cm³/mol. The van der Waals surface area contributed by atoms with Gasteiger partial charge >= 0.3 is 0 Å². The van der Waals surface area contributed by atoms with Gasteiger partial charge in [-0.2, -0.15) is 0 Å². The SMILES string of the molecule is CC1CCN(CCF)C1CBr. The van der Waals surface area contributed by atoms with Gasteiger partial charge < -0.3 is 0 Å². The van der Waals surface area contributed by atoms with Crippen molar-refractivity contribution in [3.8, 4) is 0 Å². The van der Waals surface area contributed by atoms with Gasteiger partial charge in [-0.1, -0.05) is 22.9 Å². The highest BCUT2D eigenvalue weighted by Crippen LogP contribution is 2.24. The third-order valence-corrected chi connectivity index (χ3v) is 3.19. The van der Waals surface area contributed by atoms with Crippen LogP contribution in [0.5, 0.6) is 0 Å². The molecule has 1 fully saturated rings. The fraction of sp³-hybridized carbons (Fsp3) is 1.00. The minimum atomic E-state index is -0.212. The van der Waals surface area contributed by atoms with Crippen molar-refractivity contribution in [2.24, 2.45) is 5.92 Å². The molecule has 66 valence electrons. The third kappa shape index (κ3) is 2.15. The summed E-state index contributed by atoms with van der Waals surface area (Å²) < 4.78 is 12.0. The summed E-state index contributed by atoms with van der Waals surface area (Å²) in [6.07, 6.45) is 1.22. The van der Waals surface area contributed by atoms with Crippen molar-refractivity contribution in [1.29, 1.82) is 0 Å². The molecule has 0 bridgehead atoms. The molecular formula is C8H15BrFN. The van der Waals surface area contributed by atoms with Crippen molar-refractivity contribution in [2.45, 2.75) is 19.4 Å². The van der Waals surface area contributed by atoms with E-state index in [0.29, 0.717) is 12.6 Å². The van der Waals surface area contributed by atoms with E-state index in [-0.39, 0.29) is 6.67 Å². The fourth-order valence-electron chi connectivity index (χ4n) is 1.72. The normalized spacial score (nSPS) is 33.0. The van der Waals surface area contributed by atoms with Crippen molar-refractivity contribution in [2.75, 3.05) is 25.1 Å². The van der Waals surface area contributed by atoms with Crippen LogP contribution < -0.4 is 0 Å². The quantitative estimate of drug-likeness (QED) is 0.663. The van der Waals surface area contributed by atoms with Gasteiger partial charge in [0.05, 0.1) is 0 Å². The summed E-state index contributed by atoms with van der Waals surface area (Å²) in [5, 5.41) is 0.980. The highest BCUT2D eigenvalue weighted by molar-refractivity contribution is 9.09. The molecule has 2 atom stereocenters. The Morgan fingerprint density at radius 2 is 2.36 bits per heavy atom. The van der Waals surface area contributed by atoms with Gasteiger partial charge in [0.2, 0.25) is 0 Å². The van der Waals surface area contributed by atoms with Crippen LogP contribution in [-0.4, -0.2) is 36.0 Å². The first-order valence-electron chi connectivity index (χ1n) is 4.15. The molecule has 2 unspecified atom stereocenters. The van der Waals surface area contributed by atoms with E-state index in [0.717, 1.165) is 17.8 Å². The molecule has 0 aromatic heterocycles. The van der Waals surface area contributed by atoms with Gasteiger partial charge in [-0.25, -0.2) is 4.39 Å². The lowest BCUT2D eigenvalue weighted by atomic mass is 10.1. The van der Waals surface area contributed by atoms with Crippen molar-refractivity contribution in [1.82, 2.24) is 4.90 Å². The van der Waals surface area contributed by atoms with E-state index >= 15 is 0 Å². The van der Waals surface area contributed by atoms with Gasteiger partial charge in [-0.15, -0.1) is 0 Å². The molecule has 11 heavy (non-hydrogen) atoms. The number of halogens is 2. The molecule has 0 N–H and O–H groups in total. The van der Waals surface area contributed by atoms with Gasteiger partial charge in [0.15, 0.2) is 0 Å². The smallest absolute Gasteiger partial charge is 0.102 e. The first-order chi connectivity index (χ1) is 5.29. The zero-order valence-electron chi connectivity index (χ0n) is 6.89. The summed E-state index contributed by atoms with van der Waals surface area (Å²) >= 11 is 3.46. The second-order valence-electron chi connectivity index (χ2n) is 3.21. The largest absolute Gasteiger partial charge is 0.297 e. The number of alkyl halides is 2. The maximum Gasteiger partial charge on any atom is 0.102 e. The Morgan fingerprint density at radius 3 is 2.91 bits per heavy atom. The van der Waals surface area contributed by atoms with E-state index in [1.165, 1.54) is 6.42 Å².